The van der Waals surface area contributed by atoms with Gasteiger partial charge in [0.25, 0.3) is 0 Å². The molecule has 1 rings (SSSR count). The molecule has 0 radical (unpaired) electrons. The molecule has 1 unspecified atom stereocenters. The second-order valence-corrected chi connectivity index (χ2v) is 3.83. The minimum atomic E-state index is -0.0685. The number of hydrogen-bond donors (Lipinski definition) is 2. The topological polar surface area (TPSA) is 69.8 Å². The van der Waals surface area contributed by atoms with Gasteiger partial charge in [-0.3, -0.25) is 4.79 Å². The molecule has 0 saturated carbocycles. The third-order valence-electron chi connectivity index (χ3n) is 2.61. The van der Waals surface area contributed by atoms with Gasteiger partial charge in [-0.25, -0.2) is 0 Å². The number of rotatable bonds is 6. The van der Waals surface area contributed by atoms with Crippen molar-refractivity contribution in [3.63, 3.8) is 0 Å². The van der Waals surface area contributed by atoms with Crippen molar-refractivity contribution in [2.24, 2.45) is 0 Å². The molecule has 5 nitrogen and oxygen atoms in total. The smallest absolute Gasteiger partial charge is 0.239 e. The zero-order valence-electron chi connectivity index (χ0n) is 10.2. The van der Waals surface area contributed by atoms with Gasteiger partial charge in [-0.1, -0.05) is 0 Å². The summed E-state index contributed by atoms with van der Waals surface area (Å²) in [6.07, 6.45) is 2.23. The molecule has 1 aromatic heterocycles. The summed E-state index contributed by atoms with van der Waals surface area (Å²) in [6, 6.07) is 6.11. The molecule has 1 atom stereocenters. The molecule has 0 spiro atoms. The van der Waals surface area contributed by atoms with E-state index < -0.39 is 0 Å². The van der Waals surface area contributed by atoms with Gasteiger partial charge in [-0.05, 0) is 26.1 Å². The fourth-order valence-electron chi connectivity index (χ4n) is 1.58. The molecular weight excluding hydrogens is 216 g/mol. The number of carbonyl (C=O) groups is 1. The summed E-state index contributed by atoms with van der Waals surface area (Å²) in [4.78, 5) is 11.6. The predicted molar refractivity (Wildman–Crippen MR) is 65.1 cm³/mol. The zero-order valence-corrected chi connectivity index (χ0v) is 10.2. The normalized spacial score (nSPS) is 11.8. The van der Waals surface area contributed by atoms with Crippen LogP contribution in [0.5, 0.6) is 0 Å². The average molecular weight is 234 g/mol. The lowest BCUT2D eigenvalue weighted by molar-refractivity contribution is -0.121. The summed E-state index contributed by atoms with van der Waals surface area (Å²) >= 11 is 0. The summed E-state index contributed by atoms with van der Waals surface area (Å²) in [7, 11) is 1.88. The Morgan fingerprint density at radius 2 is 2.41 bits per heavy atom. The van der Waals surface area contributed by atoms with Crippen molar-refractivity contribution in [3.05, 3.63) is 24.0 Å². The largest absolute Gasteiger partial charge is 0.354 e. The van der Waals surface area contributed by atoms with Crippen LogP contribution in [0.3, 0.4) is 0 Å². The van der Waals surface area contributed by atoms with Crippen LogP contribution in [-0.4, -0.2) is 24.1 Å². The molecule has 1 heterocycles. The van der Waals surface area contributed by atoms with Gasteiger partial charge in [0.15, 0.2) is 0 Å². The van der Waals surface area contributed by atoms with Crippen LogP contribution in [0.15, 0.2) is 18.3 Å². The zero-order chi connectivity index (χ0) is 12.7. The Hall–Kier alpha value is -1.80. The standard InChI is InChI=1S/C12H18N4O/c1-10(14-2)11-5-3-8-16(11)9-12(17)15-7-4-6-13/h3,5,8,10,14H,4,7,9H2,1-2H3,(H,15,17). The van der Waals surface area contributed by atoms with E-state index in [4.69, 9.17) is 5.26 Å². The van der Waals surface area contributed by atoms with Crippen LogP contribution in [0.2, 0.25) is 0 Å². The summed E-state index contributed by atoms with van der Waals surface area (Å²) in [6.45, 7) is 2.74. The maximum atomic E-state index is 11.6. The van der Waals surface area contributed by atoms with Gasteiger partial charge < -0.3 is 15.2 Å². The van der Waals surface area contributed by atoms with E-state index in [-0.39, 0.29) is 11.9 Å². The van der Waals surface area contributed by atoms with Crippen molar-refractivity contribution < 1.29 is 4.79 Å². The lowest BCUT2D eigenvalue weighted by atomic mass is 10.2. The first-order chi connectivity index (χ1) is 8.19. The lowest BCUT2D eigenvalue weighted by Gasteiger charge is -2.14. The molecule has 5 heteroatoms. The van der Waals surface area contributed by atoms with E-state index in [9.17, 15) is 4.79 Å². The molecule has 92 valence electrons. The van der Waals surface area contributed by atoms with E-state index in [1.165, 1.54) is 0 Å². The molecule has 0 aliphatic rings. The quantitative estimate of drug-likeness (QED) is 0.715. The third kappa shape index (κ3) is 3.93. The van der Waals surface area contributed by atoms with E-state index in [0.29, 0.717) is 19.5 Å². The SMILES string of the molecule is CNC(C)c1cccn1CC(=O)NCCC#N. The summed E-state index contributed by atoms with van der Waals surface area (Å²) in [5.74, 6) is -0.0685. The van der Waals surface area contributed by atoms with Crippen molar-refractivity contribution in [3.8, 4) is 6.07 Å². The number of amides is 1. The Labute approximate surface area is 101 Å². The van der Waals surface area contributed by atoms with Gasteiger partial charge >= 0.3 is 0 Å². The monoisotopic (exact) mass is 234 g/mol. The van der Waals surface area contributed by atoms with Gasteiger partial charge in [0.2, 0.25) is 5.91 Å². The van der Waals surface area contributed by atoms with Crippen molar-refractivity contribution >= 4 is 5.91 Å². The highest BCUT2D eigenvalue weighted by Gasteiger charge is 2.10. The molecule has 0 aliphatic heterocycles. The van der Waals surface area contributed by atoms with Crippen LogP contribution < -0.4 is 10.6 Å². The summed E-state index contributed by atoms with van der Waals surface area (Å²) < 4.78 is 1.91. The van der Waals surface area contributed by atoms with E-state index in [0.717, 1.165) is 5.69 Å². The van der Waals surface area contributed by atoms with Crippen molar-refractivity contribution in [1.82, 2.24) is 15.2 Å². The minimum Gasteiger partial charge on any atom is -0.354 e. The van der Waals surface area contributed by atoms with Gasteiger partial charge in [-0.15, -0.1) is 0 Å². The Balaban J connectivity index is 2.54. The molecule has 1 amide bonds. The molecule has 0 saturated heterocycles. The minimum absolute atomic E-state index is 0.0685. The van der Waals surface area contributed by atoms with Crippen molar-refractivity contribution in [2.45, 2.75) is 25.9 Å². The first kappa shape index (κ1) is 13.3. The number of nitrogens with zero attached hydrogens (tertiary/aromatic N) is 2. The molecule has 2 N–H and O–H groups in total. The Kier molecular flexibility index (Phi) is 5.24. The molecule has 0 fully saturated rings. The number of hydrogen-bond acceptors (Lipinski definition) is 3. The number of aromatic nitrogens is 1. The second kappa shape index (κ2) is 6.71. The van der Waals surface area contributed by atoms with Crippen LogP contribution in [0.4, 0.5) is 0 Å². The number of carbonyl (C=O) groups excluding carboxylic acids is 1. The van der Waals surface area contributed by atoms with Crippen LogP contribution in [0.25, 0.3) is 0 Å². The molecule has 0 bridgehead atoms. The summed E-state index contributed by atoms with van der Waals surface area (Å²) in [5.41, 5.74) is 1.07. The first-order valence-electron chi connectivity index (χ1n) is 5.65. The van der Waals surface area contributed by atoms with Gasteiger partial charge in [-0.2, -0.15) is 5.26 Å². The maximum Gasteiger partial charge on any atom is 0.239 e. The van der Waals surface area contributed by atoms with Crippen LogP contribution in [-0.2, 0) is 11.3 Å². The predicted octanol–water partition coefficient (Wildman–Crippen LogP) is 0.798. The van der Waals surface area contributed by atoms with E-state index >= 15 is 0 Å². The molecule has 17 heavy (non-hydrogen) atoms. The Bertz CT molecular complexity index is 405. The highest BCUT2D eigenvalue weighted by Crippen LogP contribution is 2.12. The fourth-order valence-corrected chi connectivity index (χ4v) is 1.58. The average Bonchev–Trinajstić information content (AvgIpc) is 2.76. The van der Waals surface area contributed by atoms with Crippen molar-refractivity contribution in [2.75, 3.05) is 13.6 Å². The van der Waals surface area contributed by atoms with Crippen LogP contribution >= 0.6 is 0 Å². The highest BCUT2D eigenvalue weighted by molar-refractivity contribution is 5.75. The second-order valence-electron chi connectivity index (χ2n) is 3.83. The first-order valence-corrected chi connectivity index (χ1v) is 5.65. The van der Waals surface area contributed by atoms with Crippen molar-refractivity contribution in [1.29, 1.82) is 5.26 Å². The lowest BCUT2D eigenvalue weighted by Crippen LogP contribution is -2.29. The van der Waals surface area contributed by atoms with Gasteiger partial charge in [0, 0.05) is 24.5 Å². The van der Waals surface area contributed by atoms with E-state index in [1.54, 1.807) is 0 Å². The Morgan fingerprint density at radius 1 is 1.65 bits per heavy atom. The van der Waals surface area contributed by atoms with Gasteiger partial charge in [0.05, 0.1) is 12.5 Å². The fraction of sp³-hybridized carbons (Fsp3) is 0.500. The molecular formula is C12H18N4O. The number of nitriles is 1. The summed E-state index contributed by atoms with van der Waals surface area (Å²) in [5, 5.41) is 14.2. The van der Waals surface area contributed by atoms with E-state index in [2.05, 4.69) is 10.6 Å². The molecule has 0 aromatic carbocycles. The van der Waals surface area contributed by atoms with Gasteiger partial charge in [0.1, 0.15) is 6.54 Å². The van der Waals surface area contributed by atoms with Crippen LogP contribution in [0, 0.1) is 11.3 Å². The van der Waals surface area contributed by atoms with E-state index in [1.807, 2.05) is 42.9 Å². The third-order valence-corrected chi connectivity index (χ3v) is 2.61. The Morgan fingerprint density at radius 3 is 3.06 bits per heavy atom. The number of nitrogens with one attached hydrogen (secondary N) is 2. The highest BCUT2D eigenvalue weighted by atomic mass is 16.1. The van der Waals surface area contributed by atoms with Crippen LogP contribution in [0.1, 0.15) is 25.1 Å². The molecule has 1 aromatic rings. The molecule has 0 aliphatic carbocycles. The maximum absolute atomic E-state index is 11.6.